The van der Waals surface area contributed by atoms with E-state index < -0.39 is 18.0 Å². The van der Waals surface area contributed by atoms with Gasteiger partial charge in [0.25, 0.3) is 0 Å². The molecule has 4 heteroatoms. The quantitative estimate of drug-likeness (QED) is 0.864. The average molecular weight is 290 g/mol. The Morgan fingerprint density at radius 1 is 1.24 bits per heavy atom. The van der Waals surface area contributed by atoms with Gasteiger partial charge in [0.05, 0.1) is 18.8 Å². The second kappa shape index (κ2) is 5.54. The Bertz CT molecular complexity index is 499. The van der Waals surface area contributed by atoms with Crippen LogP contribution in [-0.2, 0) is 20.8 Å². The first-order valence-corrected chi connectivity index (χ1v) is 7.33. The Hall–Kier alpha value is -1.20. The van der Waals surface area contributed by atoms with Crippen LogP contribution in [0.15, 0.2) is 43.0 Å². The maximum atomic E-state index is 10.4. The van der Waals surface area contributed by atoms with E-state index in [1.165, 1.54) is 0 Å². The van der Waals surface area contributed by atoms with Crippen molar-refractivity contribution in [1.29, 1.82) is 0 Å². The first-order chi connectivity index (χ1) is 10.0. The van der Waals surface area contributed by atoms with Crippen LogP contribution in [0.25, 0.3) is 0 Å². The molecule has 1 saturated carbocycles. The molecule has 2 aliphatic rings. The Balaban J connectivity index is 1.73. The minimum Gasteiger partial charge on any atom is -0.390 e. The van der Waals surface area contributed by atoms with Crippen LogP contribution in [0, 0.1) is 5.92 Å². The van der Waals surface area contributed by atoms with Crippen LogP contribution in [0.5, 0.6) is 0 Å². The summed E-state index contributed by atoms with van der Waals surface area (Å²) in [5, 5.41) is 10.4. The molecule has 1 aliphatic carbocycles. The molecule has 5 atom stereocenters. The van der Waals surface area contributed by atoms with Gasteiger partial charge >= 0.3 is 0 Å². The number of hydrogen-bond acceptors (Lipinski definition) is 4. The van der Waals surface area contributed by atoms with Gasteiger partial charge in [-0.2, -0.15) is 0 Å². The monoisotopic (exact) mass is 290 g/mol. The van der Waals surface area contributed by atoms with Crippen LogP contribution in [0.4, 0.5) is 0 Å². The molecule has 1 aromatic carbocycles. The van der Waals surface area contributed by atoms with Crippen molar-refractivity contribution in [2.24, 2.45) is 5.92 Å². The van der Waals surface area contributed by atoms with Crippen LogP contribution in [0.3, 0.4) is 0 Å². The summed E-state index contributed by atoms with van der Waals surface area (Å²) < 4.78 is 17.8. The molecule has 114 valence electrons. The molecule has 0 amide bonds. The van der Waals surface area contributed by atoms with Crippen LogP contribution in [-0.4, -0.2) is 35.3 Å². The first-order valence-electron chi connectivity index (χ1n) is 7.33. The summed E-state index contributed by atoms with van der Waals surface area (Å²) in [5.74, 6) is -0.817. The predicted octanol–water partition coefficient (Wildman–Crippen LogP) is 2.27. The normalized spacial score (nSPS) is 37.4. The zero-order valence-corrected chi connectivity index (χ0v) is 12.4. The highest BCUT2D eigenvalue weighted by atomic mass is 16.8. The van der Waals surface area contributed by atoms with Crippen LogP contribution in [0.1, 0.15) is 19.4 Å². The molecule has 4 nitrogen and oxygen atoms in total. The molecule has 21 heavy (non-hydrogen) atoms. The number of aliphatic hydroxyl groups is 1. The molecule has 1 N–H and O–H groups in total. The molecule has 0 spiro atoms. The molecular weight excluding hydrogens is 268 g/mol. The van der Waals surface area contributed by atoms with E-state index in [0.717, 1.165) is 5.56 Å². The lowest BCUT2D eigenvalue weighted by molar-refractivity contribution is -0.186. The van der Waals surface area contributed by atoms with Gasteiger partial charge in [0, 0.05) is 5.92 Å². The smallest absolute Gasteiger partial charge is 0.163 e. The molecule has 2 fully saturated rings. The molecule has 1 aliphatic heterocycles. The van der Waals surface area contributed by atoms with Crippen molar-refractivity contribution in [3.8, 4) is 0 Å². The fourth-order valence-corrected chi connectivity index (χ4v) is 3.21. The highest BCUT2D eigenvalue weighted by Crippen LogP contribution is 2.43. The number of benzene rings is 1. The van der Waals surface area contributed by atoms with Gasteiger partial charge in [0.15, 0.2) is 5.79 Å². The van der Waals surface area contributed by atoms with E-state index >= 15 is 0 Å². The van der Waals surface area contributed by atoms with Gasteiger partial charge in [-0.1, -0.05) is 36.4 Å². The van der Waals surface area contributed by atoms with Gasteiger partial charge in [-0.25, -0.2) is 0 Å². The summed E-state index contributed by atoms with van der Waals surface area (Å²) in [6.07, 6.45) is 0.214. The molecule has 1 aromatic rings. The number of rotatable bonds is 4. The lowest BCUT2D eigenvalue weighted by Gasteiger charge is -2.26. The van der Waals surface area contributed by atoms with E-state index in [9.17, 15) is 5.11 Å². The molecule has 0 aromatic heterocycles. The van der Waals surface area contributed by atoms with Crippen molar-refractivity contribution in [2.75, 3.05) is 0 Å². The predicted molar refractivity (Wildman–Crippen MR) is 78.5 cm³/mol. The molecule has 0 radical (unpaired) electrons. The summed E-state index contributed by atoms with van der Waals surface area (Å²) in [6.45, 7) is 8.01. The minimum atomic E-state index is -0.655. The third-order valence-corrected chi connectivity index (χ3v) is 4.16. The highest BCUT2D eigenvalue weighted by Gasteiger charge is 2.58. The van der Waals surface area contributed by atoms with Gasteiger partial charge in [0.2, 0.25) is 0 Å². The van der Waals surface area contributed by atoms with Crippen molar-refractivity contribution in [1.82, 2.24) is 0 Å². The molecule has 1 saturated heterocycles. The van der Waals surface area contributed by atoms with Crippen LogP contribution < -0.4 is 0 Å². The first kappa shape index (κ1) is 14.7. The Morgan fingerprint density at radius 3 is 2.57 bits per heavy atom. The van der Waals surface area contributed by atoms with Gasteiger partial charge in [-0.3, -0.25) is 0 Å². The van der Waals surface area contributed by atoms with Crippen molar-refractivity contribution < 1.29 is 19.3 Å². The van der Waals surface area contributed by atoms with Crippen molar-refractivity contribution >= 4 is 0 Å². The molecule has 3 rings (SSSR count). The van der Waals surface area contributed by atoms with E-state index in [1.54, 1.807) is 6.08 Å². The third-order valence-electron chi connectivity index (χ3n) is 4.16. The van der Waals surface area contributed by atoms with E-state index in [1.807, 2.05) is 44.2 Å². The Labute approximate surface area is 125 Å². The summed E-state index contributed by atoms with van der Waals surface area (Å²) in [4.78, 5) is 0. The van der Waals surface area contributed by atoms with Crippen LogP contribution >= 0.6 is 0 Å². The third kappa shape index (κ3) is 2.77. The molecule has 1 heterocycles. The second-order valence-corrected chi connectivity index (χ2v) is 6.13. The minimum absolute atomic E-state index is 0.169. The van der Waals surface area contributed by atoms with Crippen molar-refractivity contribution in [2.45, 2.75) is 50.7 Å². The summed E-state index contributed by atoms with van der Waals surface area (Å²) >= 11 is 0. The second-order valence-electron chi connectivity index (χ2n) is 6.13. The fraction of sp³-hybridized carbons (Fsp3) is 0.529. The highest BCUT2D eigenvalue weighted by molar-refractivity contribution is 5.14. The zero-order chi connectivity index (χ0) is 15.0. The summed E-state index contributed by atoms with van der Waals surface area (Å²) in [7, 11) is 0. The largest absolute Gasteiger partial charge is 0.390 e. The SMILES string of the molecule is C=C[C@H]1[C@@H](O)[C@H](OCc2ccccc2)[C@H]2OC(C)(C)O[C@@H]12. The van der Waals surface area contributed by atoms with Crippen molar-refractivity contribution in [3.05, 3.63) is 48.6 Å². The van der Waals surface area contributed by atoms with Crippen molar-refractivity contribution in [3.63, 3.8) is 0 Å². The fourth-order valence-electron chi connectivity index (χ4n) is 3.21. The number of fused-ring (bicyclic) bond motifs is 1. The standard InChI is InChI=1S/C17H22O4/c1-4-12-13(18)15(16-14(12)20-17(2,3)21-16)19-10-11-8-6-5-7-9-11/h4-9,12-16,18H,1,10H2,2-3H3/t12-,13+,14-,15-,16-/m0/s1. The lowest BCUT2D eigenvalue weighted by Crippen LogP contribution is -2.37. The maximum absolute atomic E-state index is 10.4. The number of aliphatic hydroxyl groups excluding tert-OH is 1. The van der Waals surface area contributed by atoms with Gasteiger partial charge < -0.3 is 19.3 Å². The Morgan fingerprint density at radius 2 is 1.90 bits per heavy atom. The summed E-state index contributed by atoms with van der Waals surface area (Å²) in [6, 6.07) is 9.91. The maximum Gasteiger partial charge on any atom is 0.163 e. The molecule has 0 unspecified atom stereocenters. The zero-order valence-electron chi connectivity index (χ0n) is 12.4. The topological polar surface area (TPSA) is 47.9 Å². The van der Waals surface area contributed by atoms with E-state index in [2.05, 4.69) is 6.58 Å². The van der Waals surface area contributed by atoms with Gasteiger partial charge in [0.1, 0.15) is 12.2 Å². The van der Waals surface area contributed by atoms with Crippen LogP contribution in [0.2, 0.25) is 0 Å². The van der Waals surface area contributed by atoms with Gasteiger partial charge in [-0.05, 0) is 19.4 Å². The molecular formula is C17H22O4. The lowest BCUT2D eigenvalue weighted by atomic mass is 10.0. The average Bonchev–Trinajstić information content (AvgIpc) is 2.87. The Kier molecular flexibility index (Phi) is 3.88. The van der Waals surface area contributed by atoms with Gasteiger partial charge in [-0.15, -0.1) is 6.58 Å². The molecule has 0 bridgehead atoms. The summed E-state index contributed by atoms with van der Waals surface area (Å²) in [5.41, 5.74) is 1.07. The van der Waals surface area contributed by atoms with E-state index in [4.69, 9.17) is 14.2 Å². The number of hydrogen-bond donors (Lipinski definition) is 1. The number of ether oxygens (including phenoxy) is 3. The van der Waals surface area contributed by atoms with E-state index in [-0.39, 0.29) is 18.1 Å². The van der Waals surface area contributed by atoms with E-state index in [0.29, 0.717) is 6.61 Å².